The SMILES string of the molecule is O=S(=O)(CC1CCCCC1)O[Si]1(OS(=O)(=O)CC2CCCCC2)n2c3c4ccccc4c2/N=C2N=C(/N=c4/c5ccccc5/c(n41)=N/C1=NC(=N\3)/c3ccccc31)c1ccccc1\2. The summed E-state index contributed by atoms with van der Waals surface area (Å²) >= 11 is 0. The number of nitrogens with zero attached hydrogens (tertiary/aromatic N) is 8. The third kappa shape index (κ3) is 6.45. The minimum Gasteiger partial charge on any atom is -0.271 e. The van der Waals surface area contributed by atoms with E-state index in [-0.39, 0.29) is 46.0 Å². The largest absolute Gasteiger partial charge is 0.632 e. The summed E-state index contributed by atoms with van der Waals surface area (Å²) < 4.78 is 78.1. The predicted molar refractivity (Wildman–Crippen MR) is 244 cm³/mol. The molecule has 2 fully saturated rings. The summed E-state index contributed by atoms with van der Waals surface area (Å²) in [5.74, 6) is 0.477. The molecule has 0 unspecified atom stereocenters. The monoisotopic (exact) mass is 894 g/mol. The molecule has 6 bridgehead atoms. The molecule has 4 aliphatic heterocycles. The van der Waals surface area contributed by atoms with Crippen molar-refractivity contribution in [2.24, 2.45) is 41.8 Å². The van der Waals surface area contributed by atoms with E-state index in [1.807, 2.05) is 97.1 Å². The Morgan fingerprint density at radius 3 is 1.19 bits per heavy atom. The third-order valence-corrected chi connectivity index (χ3v) is 20.6. The number of benzene rings is 4. The first-order chi connectivity index (χ1) is 30.6. The molecule has 6 aromatic rings. The fraction of sp³-hybridized carbons (Fsp3) is 0.304. The van der Waals surface area contributed by atoms with Crippen LogP contribution in [0.4, 0.5) is 11.6 Å². The average Bonchev–Trinajstić information content (AvgIpc) is 4.00. The number of aliphatic imine (C=N–C) groups is 4. The van der Waals surface area contributed by atoms with Crippen molar-refractivity contribution in [3.05, 3.63) is 130 Å². The van der Waals surface area contributed by atoms with E-state index in [9.17, 15) is 0 Å². The molecule has 63 heavy (non-hydrogen) atoms. The van der Waals surface area contributed by atoms with Crippen molar-refractivity contribution >= 4 is 85.6 Å². The zero-order valence-corrected chi connectivity index (χ0v) is 36.9. The van der Waals surface area contributed by atoms with Gasteiger partial charge in [0.25, 0.3) is 20.2 Å². The first-order valence-electron chi connectivity index (χ1n) is 21.8. The Morgan fingerprint density at radius 2 is 0.794 bits per heavy atom. The Kier molecular flexibility index (Phi) is 9.06. The average molecular weight is 895 g/mol. The fourth-order valence-corrected chi connectivity index (χ4v) is 18.8. The predicted octanol–water partition coefficient (Wildman–Crippen LogP) is 7.22. The second kappa shape index (κ2) is 14.7. The molecule has 14 nitrogen and oxygen atoms in total. The molecule has 2 aromatic heterocycles. The van der Waals surface area contributed by atoms with E-state index in [4.69, 9.17) is 37.7 Å². The van der Waals surface area contributed by atoms with Crippen LogP contribution in [-0.2, 0) is 28.0 Å². The van der Waals surface area contributed by atoms with Crippen molar-refractivity contribution in [1.82, 2.24) is 8.47 Å². The molecule has 6 heterocycles. The van der Waals surface area contributed by atoms with Crippen LogP contribution < -0.4 is 11.0 Å². The van der Waals surface area contributed by atoms with Crippen LogP contribution >= 0.6 is 0 Å². The molecule has 0 spiro atoms. The van der Waals surface area contributed by atoms with Gasteiger partial charge in [-0.1, -0.05) is 136 Å². The smallest absolute Gasteiger partial charge is 0.271 e. The Morgan fingerprint density at radius 1 is 0.444 bits per heavy atom. The third-order valence-electron chi connectivity index (χ3n) is 13.1. The number of aromatic nitrogens is 2. The number of fused-ring (bicyclic) bond motifs is 14. The lowest BCUT2D eigenvalue weighted by molar-refractivity contribution is 0.324. The Balaban J connectivity index is 1.30. The molecular formula is C46H42N8O6S2Si. The maximum Gasteiger partial charge on any atom is 0.632 e. The van der Waals surface area contributed by atoms with Crippen LogP contribution in [0.2, 0.25) is 0 Å². The van der Waals surface area contributed by atoms with Crippen LogP contribution in [0, 0.1) is 11.8 Å². The first kappa shape index (κ1) is 38.9. The van der Waals surface area contributed by atoms with E-state index >= 15 is 16.8 Å². The van der Waals surface area contributed by atoms with E-state index in [0.717, 1.165) is 38.5 Å². The van der Waals surface area contributed by atoms with Crippen LogP contribution in [0.3, 0.4) is 0 Å². The maximum atomic E-state index is 15.3. The summed E-state index contributed by atoms with van der Waals surface area (Å²) in [5, 5.41) is 2.20. The second-order valence-corrected chi connectivity index (χ2v) is 23.5. The van der Waals surface area contributed by atoms with Gasteiger partial charge in [-0.05, 0) is 37.5 Å². The molecular weight excluding hydrogens is 853 g/mol. The minimum atomic E-state index is -5.50. The minimum absolute atomic E-state index is 0.166. The molecule has 0 N–H and O–H groups in total. The van der Waals surface area contributed by atoms with Gasteiger partial charge in [0.2, 0.25) is 0 Å². The highest BCUT2D eigenvalue weighted by molar-refractivity contribution is 7.89. The van der Waals surface area contributed by atoms with Gasteiger partial charge >= 0.3 is 8.88 Å². The molecule has 0 radical (unpaired) electrons. The number of rotatable bonds is 8. The lowest BCUT2D eigenvalue weighted by Gasteiger charge is -2.33. The molecule has 318 valence electrons. The topological polar surface area (TPSA) is 171 Å². The van der Waals surface area contributed by atoms with Gasteiger partial charge in [-0.2, -0.15) is 0 Å². The molecule has 2 saturated carbocycles. The summed E-state index contributed by atoms with van der Waals surface area (Å²) in [4.78, 5) is 31.3. The van der Waals surface area contributed by atoms with Crippen molar-refractivity contribution in [2.75, 3.05) is 11.5 Å². The lowest BCUT2D eigenvalue weighted by Crippen LogP contribution is -2.65. The molecule has 12 rings (SSSR count). The van der Waals surface area contributed by atoms with Crippen molar-refractivity contribution in [1.29, 1.82) is 0 Å². The van der Waals surface area contributed by atoms with Crippen LogP contribution in [0.5, 0.6) is 0 Å². The highest BCUT2D eigenvalue weighted by atomic mass is 32.2. The van der Waals surface area contributed by atoms with Gasteiger partial charge in [-0.15, -0.1) is 0 Å². The number of amidine groups is 4. The van der Waals surface area contributed by atoms with Gasteiger partial charge in [-0.3, -0.25) is 8.47 Å². The maximum absolute atomic E-state index is 15.3. The summed E-state index contributed by atoms with van der Waals surface area (Å²) in [7, 11) is -14.8. The van der Waals surface area contributed by atoms with Crippen molar-refractivity contribution < 1.29 is 24.6 Å². The number of hydrogen-bond donors (Lipinski definition) is 0. The molecule has 0 saturated heterocycles. The molecule has 2 aliphatic carbocycles. The standard InChI is InChI=1S/C46H42N8O6S2Si/c55-61(56,27-29-15-3-1-4-16-29)59-63(60-62(57,58)28-30-17-5-2-6-18-30)53-43-35-23-11-12-24-36(35)45(53)51-41-33-21-9-10-22-34(33)42(48-41)52-46-38-26-14-13-25-37(38)44(54(46)63)50-40-32-20-8-7-19-31(32)39(47-40)49-43/h7-14,19-26,29-30H,1-6,15-18,27-28H2/b49-39-,49-43?,50-40?,50-44-,51-41-,51-45?,52-42?,52-46-. The van der Waals surface area contributed by atoms with Gasteiger partial charge < -0.3 is 0 Å². The molecule has 4 aromatic carbocycles. The van der Waals surface area contributed by atoms with Gasteiger partial charge in [0.05, 0.1) is 11.5 Å². The molecule has 6 aliphatic rings. The van der Waals surface area contributed by atoms with E-state index in [1.165, 1.54) is 8.47 Å². The van der Waals surface area contributed by atoms with E-state index in [1.54, 1.807) is 0 Å². The van der Waals surface area contributed by atoms with Crippen molar-refractivity contribution in [3.8, 4) is 0 Å². The van der Waals surface area contributed by atoms with Crippen molar-refractivity contribution in [2.45, 2.75) is 64.2 Å². The fourth-order valence-electron chi connectivity index (χ4n) is 10.3. The van der Waals surface area contributed by atoms with Gasteiger partial charge in [0.15, 0.2) is 23.3 Å². The zero-order chi connectivity index (χ0) is 42.5. The van der Waals surface area contributed by atoms with E-state index in [0.29, 0.717) is 92.8 Å². The Hall–Kier alpha value is -5.72. The van der Waals surface area contributed by atoms with Gasteiger partial charge in [0.1, 0.15) is 22.6 Å². The van der Waals surface area contributed by atoms with Crippen LogP contribution in [-0.4, -0.2) is 69.0 Å². The van der Waals surface area contributed by atoms with Gasteiger partial charge in [0, 0.05) is 43.8 Å². The van der Waals surface area contributed by atoms with Crippen LogP contribution in [0.15, 0.2) is 127 Å². The van der Waals surface area contributed by atoms with Gasteiger partial charge in [-0.25, -0.2) is 54.5 Å². The summed E-state index contributed by atoms with van der Waals surface area (Å²) in [5.41, 5.74) is 3.12. The van der Waals surface area contributed by atoms with Crippen LogP contribution in [0.25, 0.3) is 21.5 Å². The summed E-state index contributed by atoms with van der Waals surface area (Å²) in [6, 6.07) is 30.1. The highest BCUT2D eigenvalue weighted by Gasteiger charge is 2.59. The molecule has 0 atom stereocenters. The van der Waals surface area contributed by atoms with E-state index < -0.39 is 29.1 Å². The lowest BCUT2D eigenvalue weighted by atomic mass is 9.91. The molecule has 17 heteroatoms. The Bertz CT molecular complexity index is 3220. The van der Waals surface area contributed by atoms with Crippen LogP contribution in [0.1, 0.15) is 86.5 Å². The summed E-state index contributed by atoms with van der Waals surface area (Å²) in [6.45, 7) is 0. The van der Waals surface area contributed by atoms with Crippen molar-refractivity contribution in [3.63, 3.8) is 0 Å². The second-order valence-electron chi connectivity index (χ2n) is 17.3. The summed E-state index contributed by atoms with van der Waals surface area (Å²) in [6.07, 6.45) is 8.41. The van der Waals surface area contributed by atoms with E-state index in [2.05, 4.69) is 0 Å². The number of hydrogen-bond acceptors (Lipinski definition) is 12. The Labute approximate surface area is 364 Å². The zero-order valence-electron chi connectivity index (χ0n) is 34.2. The quantitative estimate of drug-likeness (QED) is 0.146. The normalized spacial score (nSPS) is 22.0. The first-order valence-corrected chi connectivity index (χ1v) is 26.6. The highest BCUT2D eigenvalue weighted by Crippen LogP contribution is 2.45. The molecule has 0 amide bonds.